The number of thiazole rings is 1. The number of fused-ring (bicyclic) bond motifs is 1. The maximum Gasteiger partial charge on any atom is 0.319 e. The molecule has 1 atom stereocenters. The van der Waals surface area contributed by atoms with Gasteiger partial charge in [0.2, 0.25) is 0 Å². The van der Waals surface area contributed by atoms with Crippen LogP contribution in [0, 0.1) is 6.92 Å². The Labute approximate surface area is 132 Å². The molecule has 0 saturated carbocycles. The van der Waals surface area contributed by atoms with Gasteiger partial charge in [0.15, 0.2) is 0 Å². The summed E-state index contributed by atoms with van der Waals surface area (Å²) >= 11 is 1.57. The van der Waals surface area contributed by atoms with E-state index in [4.69, 9.17) is 0 Å². The van der Waals surface area contributed by atoms with Crippen LogP contribution >= 0.6 is 11.3 Å². The van der Waals surface area contributed by atoms with Gasteiger partial charge in [0.1, 0.15) is 5.01 Å². The molecule has 1 unspecified atom stereocenters. The summed E-state index contributed by atoms with van der Waals surface area (Å²) in [5.74, 6) is 0. The third-order valence-electron chi connectivity index (χ3n) is 3.35. The first-order valence-corrected chi connectivity index (χ1v) is 7.96. The predicted octanol–water partition coefficient (Wildman–Crippen LogP) is 3.60. The van der Waals surface area contributed by atoms with Crippen LogP contribution in [0.25, 0.3) is 10.9 Å². The molecule has 6 nitrogen and oxygen atoms in total. The lowest BCUT2D eigenvalue weighted by atomic mass is 10.2. The van der Waals surface area contributed by atoms with Crippen molar-refractivity contribution >= 4 is 34.0 Å². The summed E-state index contributed by atoms with van der Waals surface area (Å²) in [6.45, 7) is 3.98. The highest BCUT2D eigenvalue weighted by Crippen LogP contribution is 2.21. The van der Waals surface area contributed by atoms with E-state index in [0.717, 1.165) is 33.7 Å². The van der Waals surface area contributed by atoms with Crippen molar-refractivity contribution in [2.45, 2.75) is 26.3 Å². The molecule has 0 radical (unpaired) electrons. The molecule has 3 rings (SSSR count). The van der Waals surface area contributed by atoms with Gasteiger partial charge in [-0.05, 0) is 31.5 Å². The second-order valence-corrected chi connectivity index (χ2v) is 5.95. The molecule has 0 spiro atoms. The van der Waals surface area contributed by atoms with Crippen molar-refractivity contribution in [1.29, 1.82) is 0 Å². The zero-order valence-corrected chi connectivity index (χ0v) is 13.2. The van der Waals surface area contributed by atoms with Crippen molar-refractivity contribution in [3.05, 3.63) is 40.5 Å². The molecule has 2 heterocycles. The Bertz CT molecular complexity index is 794. The van der Waals surface area contributed by atoms with E-state index < -0.39 is 0 Å². The Morgan fingerprint density at radius 3 is 3.05 bits per heavy atom. The molecule has 0 aliphatic rings. The lowest BCUT2D eigenvalue weighted by Crippen LogP contribution is -2.32. The quantitative estimate of drug-likeness (QED) is 0.688. The topological polar surface area (TPSA) is 82.7 Å². The van der Waals surface area contributed by atoms with Gasteiger partial charge in [0.05, 0.1) is 17.8 Å². The van der Waals surface area contributed by atoms with E-state index in [1.54, 1.807) is 17.5 Å². The van der Waals surface area contributed by atoms with Crippen LogP contribution in [0.5, 0.6) is 0 Å². The SMILES string of the molecule is CCC(NC(=O)Nc1ccc2[nH]ncc2c1)c1nc(C)cs1. The zero-order chi connectivity index (χ0) is 15.5. The Hall–Kier alpha value is -2.41. The first-order valence-electron chi connectivity index (χ1n) is 7.08. The Kier molecular flexibility index (Phi) is 4.06. The van der Waals surface area contributed by atoms with Gasteiger partial charge >= 0.3 is 6.03 Å². The van der Waals surface area contributed by atoms with E-state index in [2.05, 4.69) is 25.8 Å². The fraction of sp³-hybridized carbons (Fsp3) is 0.267. The van der Waals surface area contributed by atoms with E-state index in [1.807, 2.05) is 37.4 Å². The number of carbonyl (C=O) groups excluding carboxylic acids is 1. The fourth-order valence-electron chi connectivity index (χ4n) is 2.22. The number of benzene rings is 1. The molecule has 7 heteroatoms. The van der Waals surface area contributed by atoms with Crippen molar-refractivity contribution in [3.63, 3.8) is 0 Å². The largest absolute Gasteiger partial charge is 0.329 e. The number of amides is 2. The van der Waals surface area contributed by atoms with Gasteiger partial charge in [0, 0.05) is 22.1 Å². The maximum atomic E-state index is 12.2. The monoisotopic (exact) mass is 315 g/mol. The van der Waals surface area contributed by atoms with Gasteiger partial charge in [-0.15, -0.1) is 11.3 Å². The van der Waals surface area contributed by atoms with Crippen molar-refractivity contribution < 1.29 is 4.79 Å². The lowest BCUT2D eigenvalue weighted by Gasteiger charge is -2.15. The number of aryl methyl sites for hydroxylation is 1. The number of anilines is 1. The first-order chi connectivity index (χ1) is 10.7. The molecule has 0 aliphatic carbocycles. The number of hydrogen-bond acceptors (Lipinski definition) is 4. The molecule has 0 fully saturated rings. The number of hydrogen-bond donors (Lipinski definition) is 3. The summed E-state index contributed by atoms with van der Waals surface area (Å²) in [5.41, 5.74) is 2.65. The lowest BCUT2D eigenvalue weighted by molar-refractivity contribution is 0.248. The Balaban J connectivity index is 1.68. The minimum atomic E-state index is -0.234. The van der Waals surface area contributed by atoms with Crippen LogP contribution in [0.3, 0.4) is 0 Å². The normalized spacial score (nSPS) is 12.3. The smallest absolute Gasteiger partial charge is 0.319 e. The second kappa shape index (κ2) is 6.15. The first kappa shape index (κ1) is 14.5. The molecule has 1 aromatic carbocycles. The van der Waals surface area contributed by atoms with Crippen LogP contribution < -0.4 is 10.6 Å². The average molecular weight is 315 g/mol. The van der Waals surface area contributed by atoms with Crippen molar-refractivity contribution in [1.82, 2.24) is 20.5 Å². The molecule has 0 aliphatic heterocycles. The molecule has 0 saturated heterocycles. The number of nitrogens with zero attached hydrogens (tertiary/aromatic N) is 2. The van der Waals surface area contributed by atoms with Gasteiger partial charge < -0.3 is 10.6 Å². The molecular weight excluding hydrogens is 298 g/mol. The number of H-pyrrole nitrogens is 1. The zero-order valence-electron chi connectivity index (χ0n) is 12.4. The van der Waals surface area contributed by atoms with Gasteiger partial charge in [-0.1, -0.05) is 6.92 Å². The molecule has 3 N–H and O–H groups in total. The van der Waals surface area contributed by atoms with Crippen molar-refractivity contribution in [3.8, 4) is 0 Å². The van der Waals surface area contributed by atoms with Crippen LogP contribution in [0.15, 0.2) is 29.8 Å². The molecular formula is C15H17N5OS. The van der Waals surface area contributed by atoms with Crippen LogP contribution in [0.4, 0.5) is 10.5 Å². The van der Waals surface area contributed by atoms with Crippen LogP contribution in [-0.4, -0.2) is 21.2 Å². The number of aromatic nitrogens is 3. The average Bonchev–Trinajstić information content (AvgIpc) is 3.13. The van der Waals surface area contributed by atoms with Gasteiger partial charge in [-0.2, -0.15) is 5.10 Å². The molecule has 22 heavy (non-hydrogen) atoms. The van der Waals surface area contributed by atoms with E-state index in [1.165, 1.54) is 0 Å². The van der Waals surface area contributed by atoms with Crippen LogP contribution in [0.2, 0.25) is 0 Å². The number of nitrogens with one attached hydrogen (secondary N) is 3. The van der Waals surface area contributed by atoms with Gasteiger partial charge in [-0.3, -0.25) is 5.10 Å². The van der Waals surface area contributed by atoms with Crippen molar-refractivity contribution in [2.75, 3.05) is 5.32 Å². The predicted molar refractivity (Wildman–Crippen MR) is 88.1 cm³/mol. The van der Waals surface area contributed by atoms with E-state index in [0.29, 0.717) is 0 Å². The summed E-state index contributed by atoms with van der Waals surface area (Å²) < 4.78 is 0. The highest BCUT2D eigenvalue weighted by atomic mass is 32.1. The minimum Gasteiger partial charge on any atom is -0.329 e. The summed E-state index contributed by atoms with van der Waals surface area (Å²) in [5, 5.41) is 16.5. The maximum absolute atomic E-state index is 12.2. The van der Waals surface area contributed by atoms with Crippen molar-refractivity contribution in [2.24, 2.45) is 0 Å². The third-order valence-corrected chi connectivity index (χ3v) is 4.42. The second-order valence-electron chi connectivity index (χ2n) is 5.06. The number of aromatic amines is 1. The molecule has 114 valence electrons. The third kappa shape index (κ3) is 3.09. The highest BCUT2D eigenvalue weighted by Gasteiger charge is 2.15. The Morgan fingerprint density at radius 1 is 1.45 bits per heavy atom. The van der Waals surface area contributed by atoms with Gasteiger partial charge in [-0.25, -0.2) is 9.78 Å². The van der Waals surface area contributed by atoms with E-state index in [-0.39, 0.29) is 12.1 Å². The summed E-state index contributed by atoms with van der Waals surface area (Å²) in [6, 6.07) is 5.31. The fourth-order valence-corrected chi connectivity index (χ4v) is 3.15. The van der Waals surface area contributed by atoms with E-state index >= 15 is 0 Å². The van der Waals surface area contributed by atoms with Crippen LogP contribution in [0.1, 0.15) is 30.1 Å². The number of urea groups is 1. The molecule has 0 bridgehead atoms. The van der Waals surface area contributed by atoms with Crippen LogP contribution in [-0.2, 0) is 0 Å². The highest BCUT2D eigenvalue weighted by molar-refractivity contribution is 7.09. The summed E-state index contributed by atoms with van der Waals surface area (Å²) in [6.07, 6.45) is 2.52. The molecule has 3 aromatic rings. The van der Waals surface area contributed by atoms with Gasteiger partial charge in [0.25, 0.3) is 0 Å². The standard InChI is InChI=1S/C15H17N5OS/c1-3-12(14-17-9(2)8-22-14)19-15(21)18-11-4-5-13-10(6-11)7-16-20-13/h4-8,12H,3H2,1-2H3,(H,16,20)(H2,18,19,21). The summed E-state index contributed by atoms with van der Waals surface area (Å²) in [4.78, 5) is 16.6. The molecule has 2 amide bonds. The van der Waals surface area contributed by atoms with E-state index in [9.17, 15) is 4.79 Å². The number of rotatable bonds is 4. The number of carbonyl (C=O) groups is 1. The molecule has 2 aromatic heterocycles. The Morgan fingerprint density at radius 2 is 2.32 bits per heavy atom. The minimum absolute atomic E-state index is 0.0728. The summed E-state index contributed by atoms with van der Waals surface area (Å²) in [7, 11) is 0.